The van der Waals surface area contributed by atoms with Crippen LogP contribution in [0, 0.1) is 24.3 Å². The summed E-state index contributed by atoms with van der Waals surface area (Å²) in [6, 6.07) is 12.2. The number of aryl methyl sites for hydroxylation is 3. The summed E-state index contributed by atoms with van der Waals surface area (Å²) in [7, 11) is 0. The van der Waals surface area contributed by atoms with Gasteiger partial charge in [0, 0.05) is 3.57 Å². The molecule has 0 saturated carbocycles. The summed E-state index contributed by atoms with van der Waals surface area (Å²) < 4.78 is 1.01. The molecule has 1 amide bonds. The van der Waals surface area contributed by atoms with Crippen molar-refractivity contribution in [1.29, 1.82) is 0 Å². The van der Waals surface area contributed by atoms with E-state index in [0.717, 1.165) is 14.7 Å². The number of hydrogen-bond donors (Lipinski definition) is 1. The van der Waals surface area contributed by atoms with Gasteiger partial charge in [-0.3, -0.25) is 4.79 Å². The second kappa shape index (κ2) is 6.60. The Morgan fingerprint density at radius 3 is 2.52 bits per heavy atom. The molecule has 2 rings (SSSR count). The van der Waals surface area contributed by atoms with Crippen LogP contribution >= 0.6 is 22.6 Å². The molecule has 2 aromatic carbocycles. The molecule has 0 fully saturated rings. The number of nitrogens with one attached hydrogen (secondary N) is 1. The normalized spacial score (nSPS) is 12.0. The fraction of sp³-hybridized carbons (Fsp3) is 0.278. The van der Waals surface area contributed by atoms with E-state index >= 15 is 0 Å². The largest absolute Gasteiger partial charge is 0.345 e. The van der Waals surface area contributed by atoms with E-state index in [9.17, 15) is 4.79 Å². The highest BCUT2D eigenvalue weighted by Crippen LogP contribution is 2.21. The fourth-order valence-electron chi connectivity index (χ4n) is 2.40. The van der Waals surface area contributed by atoms with Gasteiger partial charge in [-0.05, 0) is 73.0 Å². The first kappa shape index (κ1) is 16.0. The van der Waals surface area contributed by atoms with Crippen LogP contribution in [-0.4, -0.2) is 5.91 Å². The van der Waals surface area contributed by atoms with Crippen LogP contribution in [0.25, 0.3) is 0 Å². The maximum Gasteiger partial charge on any atom is 0.252 e. The van der Waals surface area contributed by atoms with E-state index in [1.807, 2.05) is 32.0 Å². The fourth-order valence-corrected chi connectivity index (χ4v) is 3.01. The zero-order chi connectivity index (χ0) is 15.6. The number of amides is 1. The van der Waals surface area contributed by atoms with Crippen LogP contribution in [-0.2, 0) is 0 Å². The molecule has 0 aromatic heterocycles. The highest BCUT2D eigenvalue weighted by molar-refractivity contribution is 14.1. The quantitative estimate of drug-likeness (QED) is 0.753. The lowest BCUT2D eigenvalue weighted by Gasteiger charge is -2.18. The van der Waals surface area contributed by atoms with Crippen LogP contribution in [0.3, 0.4) is 0 Å². The van der Waals surface area contributed by atoms with E-state index < -0.39 is 0 Å². The summed E-state index contributed by atoms with van der Waals surface area (Å²) in [5.74, 6) is -0.0171. The van der Waals surface area contributed by atoms with Gasteiger partial charge in [0.1, 0.15) is 0 Å². The molecule has 2 nitrogen and oxygen atoms in total. The zero-order valence-electron chi connectivity index (χ0n) is 12.8. The molecule has 110 valence electrons. The Bertz CT molecular complexity index is 679. The molecule has 21 heavy (non-hydrogen) atoms. The number of halogens is 1. The number of hydrogen-bond acceptors (Lipinski definition) is 1. The number of carbonyl (C=O) groups excluding carboxylic acids is 1. The van der Waals surface area contributed by atoms with Crippen LogP contribution in [0.15, 0.2) is 36.4 Å². The minimum absolute atomic E-state index is 0.00582. The van der Waals surface area contributed by atoms with Crippen molar-refractivity contribution in [3.8, 4) is 0 Å². The summed E-state index contributed by atoms with van der Waals surface area (Å²) in [6.07, 6.45) is 0. The van der Waals surface area contributed by atoms with Crippen molar-refractivity contribution in [1.82, 2.24) is 5.32 Å². The average Bonchev–Trinajstić information content (AvgIpc) is 2.44. The average molecular weight is 393 g/mol. The van der Waals surface area contributed by atoms with Gasteiger partial charge in [-0.2, -0.15) is 0 Å². The van der Waals surface area contributed by atoms with Crippen LogP contribution in [0.1, 0.15) is 45.6 Å². The minimum atomic E-state index is -0.0171. The van der Waals surface area contributed by atoms with Gasteiger partial charge in [-0.1, -0.05) is 35.9 Å². The van der Waals surface area contributed by atoms with Gasteiger partial charge < -0.3 is 5.32 Å². The molecule has 0 heterocycles. The van der Waals surface area contributed by atoms with Crippen molar-refractivity contribution in [2.75, 3.05) is 0 Å². The highest BCUT2D eigenvalue weighted by Gasteiger charge is 2.16. The molecule has 1 N–H and O–H groups in total. The monoisotopic (exact) mass is 393 g/mol. The lowest BCUT2D eigenvalue weighted by Crippen LogP contribution is -2.28. The summed E-state index contributed by atoms with van der Waals surface area (Å²) in [5, 5.41) is 3.10. The molecule has 1 unspecified atom stereocenters. The predicted molar refractivity (Wildman–Crippen MR) is 95.7 cm³/mol. The van der Waals surface area contributed by atoms with Gasteiger partial charge in [-0.15, -0.1) is 0 Å². The smallest absolute Gasteiger partial charge is 0.252 e. The van der Waals surface area contributed by atoms with Gasteiger partial charge in [0.2, 0.25) is 0 Å². The summed E-state index contributed by atoms with van der Waals surface area (Å²) in [5.41, 5.74) is 5.45. The SMILES string of the molecule is Cc1ccc(C)c(C(C)NC(=O)c2cccc(C)c2I)c1. The van der Waals surface area contributed by atoms with Crippen molar-refractivity contribution < 1.29 is 4.79 Å². The molecule has 0 saturated heterocycles. The lowest BCUT2D eigenvalue weighted by atomic mass is 9.99. The number of carbonyl (C=O) groups is 1. The third kappa shape index (κ3) is 3.64. The number of rotatable bonds is 3. The third-order valence-electron chi connectivity index (χ3n) is 3.69. The van der Waals surface area contributed by atoms with E-state index in [-0.39, 0.29) is 11.9 Å². The van der Waals surface area contributed by atoms with Crippen LogP contribution in [0.2, 0.25) is 0 Å². The minimum Gasteiger partial charge on any atom is -0.345 e. The number of benzene rings is 2. The first-order chi connectivity index (χ1) is 9.90. The van der Waals surface area contributed by atoms with Crippen molar-refractivity contribution in [3.05, 3.63) is 67.8 Å². The van der Waals surface area contributed by atoms with Crippen LogP contribution in [0.5, 0.6) is 0 Å². The maximum absolute atomic E-state index is 12.5. The summed E-state index contributed by atoms with van der Waals surface area (Å²) >= 11 is 2.23. The Kier molecular flexibility index (Phi) is 5.04. The Balaban J connectivity index is 2.23. The second-order valence-corrected chi connectivity index (χ2v) is 6.57. The van der Waals surface area contributed by atoms with E-state index in [1.54, 1.807) is 0 Å². The maximum atomic E-state index is 12.5. The molecule has 0 aliphatic rings. The Labute approximate surface area is 140 Å². The van der Waals surface area contributed by atoms with Crippen molar-refractivity contribution in [3.63, 3.8) is 0 Å². The predicted octanol–water partition coefficient (Wildman–Crippen LogP) is 4.71. The molecule has 0 spiro atoms. The van der Waals surface area contributed by atoms with Crippen molar-refractivity contribution in [2.45, 2.75) is 33.7 Å². The first-order valence-electron chi connectivity index (χ1n) is 7.03. The van der Waals surface area contributed by atoms with E-state index in [4.69, 9.17) is 0 Å². The second-order valence-electron chi connectivity index (χ2n) is 5.49. The zero-order valence-corrected chi connectivity index (χ0v) is 15.0. The van der Waals surface area contributed by atoms with E-state index in [2.05, 4.69) is 60.0 Å². The summed E-state index contributed by atoms with van der Waals surface area (Å²) in [4.78, 5) is 12.5. The molecule has 3 heteroatoms. The standard InChI is InChI=1S/C18H20INO/c1-11-8-9-12(2)16(10-11)14(4)20-18(21)15-7-5-6-13(3)17(15)19/h5-10,14H,1-4H3,(H,20,21). The molecule has 2 aromatic rings. The van der Waals surface area contributed by atoms with E-state index in [0.29, 0.717) is 0 Å². The molecular weight excluding hydrogens is 373 g/mol. The van der Waals surface area contributed by atoms with E-state index in [1.165, 1.54) is 16.7 Å². The van der Waals surface area contributed by atoms with Crippen molar-refractivity contribution >= 4 is 28.5 Å². The van der Waals surface area contributed by atoms with Crippen LogP contribution in [0.4, 0.5) is 0 Å². The molecule has 0 bridgehead atoms. The van der Waals surface area contributed by atoms with Gasteiger partial charge in [0.15, 0.2) is 0 Å². The highest BCUT2D eigenvalue weighted by atomic mass is 127. The molecule has 0 radical (unpaired) electrons. The summed E-state index contributed by atoms with van der Waals surface area (Å²) in [6.45, 7) is 8.20. The topological polar surface area (TPSA) is 29.1 Å². The third-order valence-corrected chi connectivity index (χ3v) is 5.12. The van der Waals surface area contributed by atoms with Gasteiger partial charge in [-0.25, -0.2) is 0 Å². The molecule has 1 atom stereocenters. The van der Waals surface area contributed by atoms with Gasteiger partial charge in [0.05, 0.1) is 11.6 Å². The molecule has 0 aliphatic carbocycles. The Morgan fingerprint density at radius 1 is 1.10 bits per heavy atom. The first-order valence-corrected chi connectivity index (χ1v) is 8.11. The Hall–Kier alpha value is -1.36. The van der Waals surface area contributed by atoms with Crippen LogP contribution < -0.4 is 5.32 Å². The lowest BCUT2D eigenvalue weighted by molar-refractivity contribution is 0.0939. The van der Waals surface area contributed by atoms with Gasteiger partial charge >= 0.3 is 0 Å². The molecule has 0 aliphatic heterocycles. The van der Waals surface area contributed by atoms with Crippen molar-refractivity contribution in [2.24, 2.45) is 0 Å². The molecular formula is C18H20INO. The van der Waals surface area contributed by atoms with Gasteiger partial charge in [0.25, 0.3) is 5.91 Å². The Morgan fingerprint density at radius 2 is 1.81 bits per heavy atom.